The Kier molecular flexibility index (Phi) is 11.7. The van der Waals surface area contributed by atoms with Crippen molar-refractivity contribution in [1.82, 2.24) is 19.5 Å². The Labute approximate surface area is 373 Å². The van der Waals surface area contributed by atoms with Gasteiger partial charge in [-0.2, -0.15) is 0 Å². The van der Waals surface area contributed by atoms with E-state index in [1.54, 1.807) is 0 Å². The summed E-state index contributed by atoms with van der Waals surface area (Å²) in [5, 5.41) is 2.01. The molecule has 5 aromatic carbocycles. The van der Waals surface area contributed by atoms with Gasteiger partial charge in [-0.05, 0) is 54.4 Å². The van der Waals surface area contributed by atoms with Crippen molar-refractivity contribution in [2.24, 2.45) is 5.92 Å². The van der Waals surface area contributed by atoms with Gasteiger partial charge < -0.3 is 8.98 Å². The van der Waals surface area contributed by atoms with E-state index in [1.165, 1.54) is 16.7 Å². The number of aromatic nitrogens is 4. The number of hydrogen-bond acceptors (Lipinski definition) is 4. The van der Waals surface area contributed by atoms with E-state index in [4.69, 9.17) is 17.1 Å². The van der Waals surface area contributed by atoms with Crippen LogP contribution in [-0.2, 0) is 31.9 Å². The molecule has 0 spiro atoms. The van der Waals surface area contributed by atoms with Gasteiger partial charge in [-0.1, -0.05) is 65.5 Å². The Morgan fingerprint density at radius 2 is 1.48 bits per heavy atom. The molecule has 60 heavy (non-hydrogen) atoms. The molecule has 9 rings (SSSR count). The molecule has 0 N–H and O–H groups in total. The Bertz CT molecular complexity index is 3020. The third kappa shape index (κ3) is 8.98. The molecule has 9 aromatic rings. The normalized spacial score (nSPS) is 12.6. The first-order chi connectivity index (χ1) is 29.0. The fourth-order valence-corrected chi connectivity index (χ4v) is 10.4. The number of furan rings is 1. The van der Waals surface area contributed by atoms with Gasteiger partial charge in [-0.15, -0.1) is 18.2 Å². The molecule has 0 aliphatic carbocycles. The van der Waals surface area contributed by atoms with Crippen molar-refractivity contribution >= 4 is 50.8 Å². The number of fused-ring (bicyclic) bond motifs is 4. The maximum Gasteiger partial charge on any atom is 0 e. The van der Waals surface area contributed by atoms with Crippen molar-refractivity contribution in [3.63, 3.8) is 0 Å². The van der Waals surface area contributed by atoms with Crippen molar-refractivity contribution in [1.29, 1.82) is 0 Å². The number of rotatable bonds is 7. The largest absolute Gasteiger partial charge is 0 e. The summed E-state index contributed by atoms with van der Waals surface area (Å²) in [6, 6.07) is 50.1. The Hall–Kier alpha value is -5.14. The summed E-state index contributed by atoms with van der Waals surface area (Å²) in [6.07, 6.45) is 0.565. The number of pyridine rings is 2. The monoisotopic (exact) mass is 1030 g/mol. The molecular weight excluding hydrogens is 973 g/mol. The van der Waals surface area contributed by atoms with Crippen molar-refractivity contribution in [3.05, 3.63) is 163 Å². The number of para-hydroxylation sites is 2. The molecule has 305 valence electrons. The van der Waals surface area contributed by atoms with Crippen LogP contribution >= 0.6 is 0 Å². The van der Waals surface area contributed by atoms with E-state index in [2.05, 4.69) is 133 Å². The van der Waals surface area contributed by atoms with E-state index in [0.717, 1.165) is 71.4 Å². The van der Waals surface area contributed by atoms with Gasteiger partial charge in [0.1, 0.15) is 0 Å². The smallest absolute Gasteiger partial charge is 0 e. The third-order valence-electron chi connectivity index (χ3n) is 10.6. The van der Waals surface area contributed by atoms with Gasteiger partial charge >= 0.3 is 154 Å². The SMILES string of the molecule is Cc1ccc2c(n1)oc1c(-c3nc4ccccc4n3-c3ccc(-c4ccccc4)cc3)[c-]ccc12.[2H]C([2H])(c1cc(-c2[c-]ccc(C(C)(C)C)c2)nc[c]1[Ge]([CH3])([CH3])[CH3])C(C)C.[Ir]. The van der Waals surface area contributed by atoms with Crippen molar-refractivity contribution in [2.45, 2.75) is 70.6 Å². The maximum atomic E-state index is 8.70. The van der Waals surface area contributed by atoms with Crippen molar-refractivity contribution in [2.75, 3.05) is 0 Å². The summed E-state index contributed by atoms with van der Waals surface area (Å²) in [7, 11) is 0. The van der Waals surface area contributed by atoms with Gasteiger partial charge in [0.05, 0.1) is 22.4 Å². The molecule has 5 nitrogen and oxygen atoms in total. The van der Waals surface area contributed by atoms with E-state index in [0.29, 0.717) is 5.71 Å². The predicted molar refractivity (Wildman–Crippen MR) is 249 cm³/mol. The van der Waals surface area contributed by atoms with Crippen LogP contribution in [0.1, 0.15) is 54.2 Å². The second-order valence-corrected chi connectivity index (χ2v) is 28.2. The van der Waals surface area contributed by atoms with Crippen LogP contribution in [0.5, 0.6) is 0 Å². The summed E-state index contributed by atoms with van der Waals surface area (Å²) in [5.74, 6) is 7.58. The fraction of sp³-hybridized carbons (Fsp3) is 0.226. The number of benzene rings is 5. The summed E-state index contributed by atoms with van der Waals surface area (Å²) in [6.45, 7) is 12.5. The molecule has 0 bridgehead atoms. The zero-order valence-corrected chi connectivity index (χ0v) is 40.3. The molecule has 0 saturated heterocycles. The van der Waals surface area contributed by atoms with Crippen LogP contribution < -0.4 is 4.40 Å². The molecule has 0 unspecified atom stereocenters. The van der Waals surface area contributed by atoms with Crippen LogP contribution in [0.25, 0.3) is 72.6 Å². The number of nitrogens with zero attached hydrogens (tertiary/aromatic N) is 4. The van der Waals surface area contributed by atoms with E-state index in [1.807, 2.05) is 81.6 Å². The molecule has 0 saturated carbocycles. The minimum Gasteiger partial charge on any atom is 0 e. The van der Waals surface area contributed by atoms with Crippen LogP contribution in [0.2, 0.25) is 17.3 Å². The first-order valence-electron chi connectivity index (χ1n) is 21.4. The first-order valence-corrected chi connectivity index (χ1v) is 27.7. The molecule has 7 heteroatoms. The molecule has 4 heterocycles. The summed E-state index contributed by atoms with van der Waals surface area (Å²) < 4.78 is 27.0. The zero-order chi connectivity index (χ0) is 43.3. The molecule has 0 fully saturated rings. The average Bonchev–Trinajstić information content (AvgIpc) is 3.82. The van der Waals surface area contributed by atoms with Crippen LogP contribution in [0.15, 0.2) is 138 Å². The average molecular weight is 1030 g/mol. The van der Waals surface area contributed by atoms with Crippen LogP contribution in [0, 0.1) is 25.0 Å². The van der Waals surface area contributed by atoms with Gasteiger partial charge in [0.2, 0.25) is 5.71 Å². The van der Waals surface area contributed by atoms with Crippen LogP contribution in [-0.4, -0.2) is 32.8 Å². The second-order valence-electron chi connectivity index (χ2n) is 17.6. The fourth-order valence-electron chi connectivity index (χ4n) is 7.48. The molecule has 0 aliphatic rings. The standard InChI is InChI=1S/C31H20N3O.C22H32GeN.Ir/c1-20-14-19-25-24-10-7-11-26(29(24)35-31(25)32-20)30-33-27-12-5-6-13-28(27)34(30)23-17-15-22(16-18-23)21-8-3-2-4-9-21;1-16(2)12-18-14-21(24-15-20(18)23(6,7)8)17-10-9-11-19(13-17)22(3,4)5;/h2-10,12-19H,1H3;9,11,13-16H,12H2,1-8H3;/q2*-1;/i;12D2;. The van der Waals surface area contributed by atoms with E-state index >= 15 is 0 Å². The van der Waals surface area contributed by atoms with Crippen LogP contribution in [0.3, 0.4) is 0 Å². The summed E-state index contributed by atoms with van der Waals surface area (Å²) in [4.78, 5) is 14.4. The summed E-state index contributed by atoms with van der Waals surface area (Å²) in [5.41, 5.74) is 12.3. The van der Waals surface area contributed by atoms with Gasteiger partial charge in [0, 0.05) is 36.9 Å². The zero-order valence-electron chi connectivity index (χ0n) is 37.8. The molecule has 0 aliphatic heterocycles. The third-order valence-corrected chi connectivity index (χ3v) is 14.8. The number of imidazole rings is 1. The van der Waals surface area contributed by atoms with E-state index < -0.39 is 19.6 Å². The van der Waals surface area contributed by atoms with Gasteiger partial charge in [-0.3, -0.25) is 4.98 Å². The Morgan fingerprint density at radius 3 is 2.20 bits per heavy atom. The van der Waals surface area contributed by atoms with E-state index in [9.17, 15) is 0 Å². The molecule has 4 aromatic heterocycles. The Balaban J connectivity index is 0.000000193. The minimum absolute atomic E-state index is 0. The second kappa shape index (κ2) is 17.5. The van der Waals surface area contributed by atoms with Gasteiger partial charge in [0.15, 0.2) is 0 Å². The summed E-state index contributed by atoms with van der Waals surface area (Å²) >= 11 is -2.25. The Morgan fingerprint density at radius 1 is 0.783 bits per heavy atom. The molecular formula is C53H52GeIrN4O-2. The first kappa shape index (κ1) is 40.3. The molecule has 0 atom stereocenters. The topological polar surface area (TPSA) is 56.7 Å². The van der Waals surface area contributed by atoms with Crippen LogP contribution in [0.4, 0.5) is 0 Å². The number of hydrogen-bond donors (Lipinski definition) is 0. The van der Waals surface area contributed by atoms with Gasteiger partial charge in [-0.25, -0.2) is 4.98 Å². The maximum absolute atomic E-state index is 8.70. The van der Waals surface area contributed by atoms with E-state index in [-0.39, 0.29) is 31.4 Å². The van der Waals surface area contributed by atoms with Crippen molar-refractivity contribution in [3.8, 4) is 39.5 Å². The quantitative estimate of drug-likeness (QED) is 0.118. The minimum atomic E-state index is -2.25. The van der Waals surface area contributed by atoms with Crippen molar-refractivity contribution < 1.29 is 27.3 Å². The number of aryl methyl sites for hydroxylation is 1. The van der Waals surface area contributed by atoms with Gasteiger partial charge in [0.25, 0.3) is 0 Å². The molecule has 1 radical (unpaired) electrons. The predicted octanol–water partition coefficient (Wildman–Crippen LogP) is 13.3. The molecule has 0 amide bonds.